The Kier molecular flexibility index (Phi) is 4.55. The minimum atomic E-state index is -0.354. The number of aromatic nitrogens is 1. The fraction of sp³-hybridized carbons (Fsp3) is 0.500. The number of methoxy groups -OCH3 is 1. The standard InChI is InChI=1S/C14H19N3O3/c1-20-14-10(6-4-8-16-14)13(19)17-11-7-3-2-5-9(11)12(15)18/h4,6,8-9,11H,2-3,5,7H2,1H3,(H2,15,18)(H,17,19). The van der Waals surface area contributed by atoms with E-state index < -0.39 is 0 Å². The summed E-state index contributed by atoms with van der Waals surface area (Å²) in [5.74, 6) is -0.659. The van der Waals surface area contributed by atoms with Gasteiger partial charge in [0.1, 0.15) is 5.56 Å². The highest BCUT2D eigenvalue weighted by molar-refractivity contribution is 5.96. The van der Waals surface area contributed by atoms with Gasteiger partial charge >= 0.3 is 0 Å². The van der Waals surface area contributed by atoms with E-state index in [1.807, 2.05) is 0 Å². The van der Waals surface area contributed by atoms with Crippen LogP contribution in [-0.2, 0) is 4.79 Å². The van der Waals surface area contributed by atoms with E-state index in [4.69, 9.17) is 10.5 Å². The van der Waals surface area contributed by atoms with Crippen LogP contribution in [0.2, 0.25) is 0 Å². The number of pyridine rings is 1. The number of amides is 2. The first-order valence-corrected chi connectivity index (χ1v) is 6.72. The molecule has 3 N–H and O–H groups in total. The van der Waals surface area contributed by atoms with Gasteiger partial charge in [0, 0.05) is 12.2 Å². The van der Waals surface area contributed by atoms with Gasteiger partial charge in [-0.2, -0.15) is 0 Å². The Morgan fingerprint density at radius 1 is 1.40 bits per heavy atom. The fourth-order valence-electron chi connectivity index (χ4n) is 2.62. The molecule has 1 aromatic heterocycles. The van der Waals surface area contributed by atoms with Gasteiger partial charge in [0.05, 0.1) is 13.0 Å². The van der Waals surface area contributed by atoms with Gasteiger partial charge in [0.2, 0.25) is 11.8 Å². The summed E-state index contributed by atoms with van der Waals surface area (Å²) in [5.41, 5.74) is 5.77. The van der Waals surface area contributed by atoms with Gasteiger partial charge in [-0.05, 0) is 25.0 Å². The maximum Gasteiger partial charge on any atom is 0.257 e. The van der Waals surface area contributed by atoms with Crippen molar-refractivity contribution in [1.29, 1.82) is 0 Å². The van der Waals surface area contributed by atoms with Crippen molar-refractivity contribution in [1.82, 2.24) is 10.3 Å². The third-order valence-corrected chi connectivity index (χ3v) is 3.66. The number of nitrogens with two attached hydrogens (primary N) is 1. The Labute approximate surface area is 117 Å². The zero-order chi connectivity index (χ0) is 14.5. The SMILES string of the molecule is COc1ncccc1C(=O)NC1CCCCC1C(N)=O. The molecule has 20 heavy (non-hydrogen) atoms. The summed E-state index contributed by atoms with van der Waals surface area (Å²) in [6.45, 7) is 0. The molecule has 0 bridgehead atoms. The molecule has 2 rings (SSSR count). The van der Waals surface area contributed by atoms with Gasteiger partial charge in [-0.1, -0.05) is 12.8 Å². The molecule has 1 saturated carbocycles. The molecule has 1 aliphatic rings. The van der Waals surface area contributed by atoms with Crippen LogP contribution in [0, 0.1) is 5.92 Å². The van der Waals surface area contributed by atoms with Crippen LogP contribution >= 0.6 is 0 Å². The number of hydrogen-bond donors (Lipinski definition) is 2. The first kappa shape index (κ1) is 14.3. The molecule has 0 aromatic carbocycles. The van der Waals surface area contributed by atoms with Crippen LogP contribution in [0.4, 0.5) is 0 Å². The summed E-state index contributed by atoms with van der Waals surface area (Å²) in [6, 6.07) is 3.10. The normalized spacial score (nSPS) is 22.1. The molecule has 1 aliphatic carbocycles. The van der Waals surface area contributed by atoms with Crippen molar-refractivity contribution in [2.24, 2.45) is 11.7 Å². The third kappa shape index (κ3) is 3.07. The minimum Gasteiger partial charge on any atom is -0.480 e. The van der Waals surface area contributed by atoms with Crippen LogP contribution < -0.4 is 15.8 Å². The van der Waals surface area contributed by atoms with Crippen LogP contribution in [-0.4, -0.2) is 29.9 Å². The van der Waals surface area contributed by atoms with Crippen LogP contribution in [0.25, 0.3) is 0 Å². The summed E-state index contributed by atoms with van der Waals surface area (Å²) >= 11 is 0. The second-order valence-electron chi connectivity index (χ2n) is 4.93. The zero-order valence-corrected chi connectivity index (χ0v) is 11.5. The predicted octanol–water partition coefficient (Wildman–Crippen LogP) is 0.864. The average molecular weight is 277 g/mol. The van der Waals surface area contributed by atoms with Gasteiger partial charge in [-0.3, -0.25) is 9.59 Å². The van der Waals surface area contributed by atoms with Gasteiger partial charge in [0.25, 0.3) is 5.91 Å². The quantitative estimate of drug-likeness (QED) is 0.853. The van der Waals surface area contributed by atoms with Gasteiger partial charge in [-0.15, -0.1) is 0 Å². The fourth-order valence-corrected chi connectivity index (χ4v) is 2.62. The molecule has 1 heterocycles. The average Bonchev–Trinajstić information content (AvgIpc) is 2.47. The van der Waals surface area contributed by atoms with Crippen LogP contribution in [0.15, 0.2) is 18.3 Å². The maximum atomic E-state index is 12.3. The van der Waals surface area contributed by atoms with E-state index in [1.165, 1.54) is 7.11 Å². The molecule has 1 fully saturated rings. The highest BCUT2D eigenvalue weighted by atomic mass is 16.5. The lowest BCUT2D eigenvalue weighted by atomic mass is 9.84. The number of nitrogens with zero attached hydrogens (tertiary/aromatic N) is 1. The highest BCUT2D eigenvalue weighted by Gasteiger charge is 2.31. The summed E-state index contributed by atoms with van der Waals surface area (Å²) in [5, 5.41) is 2.88. The largest absolute Gasteiger partial charge is 0.480 e. The summed E-state index contributed by atoms with van der Waals surface area (Å²) < 4.78 is 5.07. The Bertz CT molecular complexity index is 504. The number of nitrogens with one attached hydrogen (secondary N) is 1. The Hall–Kier alpha value is -2.11. The Morgan fingerprint density at radius 3 is 2.85 bits per heavy atom. The summed E-state index contributed by atoms with van der Waals surface area (Å²) in [6.07, 6.45) is 5.00. The van der Waals surface area contributed by atoms with E-state index in [-0.39, 0.29) is 29.7 Å². The van der Waals surface area contributed by atoms with Crippen LogP contribution in [0.3, 0.4) is 0 Å². The van der Waals surface area contributed by atoms with Crippen LogP contribution in [0.5, 0.6) is 5.88 Å². The summed E-state index contributed by atoms with van der Waals surface area (Å²) in [4.78, 5) is 27.7. The third-order valence-electron chi connectivity index (χ3n) is 3.66. The number of rotatable bonds is 4. The van der Waals surface area contributed by atoms with Crippen molar-refractivity contribution >= 4 is 11.8 Å². The number of ether oxygens (including phenoxy) is 1. The minimum absolute atomic E-state index is 0.210. The lowest BCUT2D eigenvalue weighted by Crippen LogP contribution is -2.47. The van der Waals surface area contributed by atoms with Gasteiger partial charge < -0.3 is 15.8 Å². The number of primary amides is 1. The molecule has 2 unspecified atom stereocenters. The van der Waals surface area contributed by atoms with E-state index in [9.17, 15) is 9.59 Å². The van der Waals surface area contributed by atoms with Crippen molar-refractivity contribution in [3.8, 4) is 5.88 Å². The monoisotopic (exact) mass is 277 g/mol. The second kappa shape index (κ2) is 6.36. The van der Waals surface area contributed by atoms with Crippen molar-refractivity contribution in [2.45, 2.75) is 31.7 Å². The molecule has 0 spiro atoms. The van der Waals surface area contributed by atoms with Crippen molar-refractivity contribution < 1.29 is 14.3 Å². The van der Waals surface area contributed by atoms with Crippen LogP contribution in [0.1, 0.15) is 36.0 Å². The maximum absolute atomic E-state index is 12.3. The van der Waals surface area contributed by atoms with E-state index >= 15 is 0 Å². The predicted molar refractivity (Wildman–Crippen MR) is 73.2 cm³/mol. The van der Waals surface area contributed by atoms with Crippen molar-refractivity contribution in [3.63, 3.8) is 0 Å². The summed E-state index contributed by atoms with van der Waals surface area (Å²) in [7, 11) is 1.46. The second-order valence-corrected chi connectivity index (χ2v) is 4.93. The number of hydrogen-bond acceptors (Lipinski definition) is 4. The Balaban J connectivity index is 2.11. The van der Waals surface area contributed by atoms with E-state index in [0.717, 1.165) is 25.7 Å². The van der Waals surface area contributed by atoms with E-state index in [0.29, 0.717) is 5.56 Å². The molecule has 2 atom stereocenters. The van der Waals surface area contributed by atoms with Crippen molar-refractivity contribution in [3.05, 3.63) is 23.9 Å². The Morgan fingerprint density at radius 2 is 2.15 bits per heavy atom. The molecular weight excluding hydrogens is 258 g/mol. The topological polar surface area (TPSA) is 94.3 Å². The van der Waals surface area contributed by atoms with E-state index in [1.54, 1.807) is 18.3 Å². The molecule has 108 valence electrons. The van der Waals surface area contributed by atoms with Gasteiger partial charge in [-0.25, -0.2) is 4.98 Å². The first-order chi connectivity index (χ1) is 9.63. The molecule has 1 aromatic rings. The molecule has 2 amide bonds. The molecule has 6 heteroatoms. The van der Waals surface area contributed by atoms with E-state index in [2.05, 4.69) is 10.3 Å². The zero-order valence-electron chi connectivity index (χ0n) is 11.5. The number of carbonyl (C=O) groups excluding carboxylic acids is 2. The molecular formula is C14H19N3O3. The molecule has 6 nitrogen and oxygen atoms in total. The lowest BCUT2D eigenvalue weighted by Gasteiger charge is -2.30. The van der Waals surface area contributed by atoms with Gasteiger partial charge in [0.15, 0.2) is 0 Å². The molecule has 0 aliphatic heterocycles. The van der Waals surface area contributed by atoms with Crippen molar-refractivity contribution in [2.75, 3.05) is 7.11 Å². The molecule has 0 radical (unpaired) electrons. The lowest BCUT2D eigenvalue weighted by molar-refractivity contribution is -0.123. The molecule has 0 saturated heterocycles. The highest BCUT2D eigenvalue weighted by Crippen LogP contribution is 2.25. The first-order valence-electron chi connectivity index (χ1n) is 6.72. The smallest absolute Gasteiger partial charge is 0.257 e. The number of carbonyl (C=O) groups is 2.